The number of nitrogens with zero attached hydrogens (tertiary/aromatic N) is 2. The maximum absolute atomic E-state index is 11.7. The zero-order valence-corrected chi connectivity index (χ0v) is 21.6. The molecule has 1 fully saturated rings. The van der Waals surface area contributed by atoms with E-state index in [4.69, 9.17) is 39.5 Å². The molecule has 2 aromatic carbocycles. The van der Waals surface area contributed by atoms with Gasteiger partial charge in [0.15, 0.2) is 0 Å². The van der Waals surface area contributed by atoms with E-state index in [1.54, 1.807) is 36.3 Å². The fourth-order valence-electron chi connectivity index (χ4n) is 4.13. The summed E-state index contributed by atoms with van der Waals surface area (Å²) < 4.78 is 5.52. The van der Waals surface area contributed by atoms with E-state index in [2.05, 4.69) is 31.0 Å². The first-order valence-electron chi connectivity index (χ1n) is 10.8. The van der Waals surface area contributed by atoms with Gasteiger partial charge in [0.05, 0.1) is 23.9 Å². The zero-order chi connectivity index (χ0) is 24.3. The van der Waals surface area contributed by atoms with Crippen LogP contribution in [0.1, 0.15) is 20.8 Å². The minimum atomic E-state index is -0.856. The summed E-state index contributed by atoms with van der Waals surface area (Å²) in [6, 6.07) is 8.88. The van der Waals surface area contributed by atoms with Gasteiger partial charge in [-0.15, -0.1) is 0 Å². The Morgan fingerprint density at radius 2 is 1.82 bits per heavy atom. The Bertz CT molecular complexity index is 1010. The Labute approximate surface area is 210 Å². The van der Waals surface area contributed by atoms with Crippen molar-refractivity contribution in [2.75, 3.05) is 45.2 Å². The van der Waals surface area contributed by atoms with Gasteiger partial charge in [-0.3, -0.25) is 4.90 Å². The number of ether oxygens (including phenoxy) is 1. The number of carbonyl (C=O) groups is 1. The maximum Gasteiger partial charge on any atom is 0.407 e. The van der Waals surface area contributed by atoms with Gasteiger partial charge in [0.25, 0.3) is 0 Å². The summed E-state index contributed by atoms with van der Waals surface area (Å²) in [6.07, 6.45) is -0.856. The molecule has 0 aromatic heterocycles. The van der Waals surface area contributed by atoms with E-state index >= 15 is 0 Å². The number of benzene rings is 2. The lowest BCUT2D eigenvalue weighted by atomic mass is 9.84. The van der Waals surface area contributed by atoms with E-state index in [0.29, 0.717) is 47.0 Å². The van der Waals surface area contributed by atoms with Gasteiger partial charge in [-0.25, -0.2) is 4.79 Å². The Balaban J connectivity index is 1.74. The Hall–Kier alpha value is -1.86. The lowest BCUT2D eigenvalue weighted by Gasteiger charge is -2.46. The van der Waals surface area contributed by atoms with Crippen LogP contribution < -0.4 is 10.1 Å². The molecular weight excluding hydrogens is 485 g/mol. The molecule has 1 heterocycles. The molecule has 0 aliphatic carbocycles. The minimum absolute atomic E-state index is 0.0645. The lowest BCUT2D eigenvalue weighted by molar-refractivity contribution is 0.0231. The first-order valence-corrected chi connectivity index (χ1v) is 11.9. The van der Waals surface area contributed by atoms with Crippen molar-refractivity contribution in [3.8, 4) is 16.9 Å². The molecule has 1 amide bonds. The molecule has 1 unspecified atom stereocenters. The van der Waals surface area contributed by atoms with E-state index in [-0.39, 0.29) is 11.5 Å². The van der Waals surface area contributed by atoms with Crippen LogP contribution in [0, 0.1) is 5.41 Å². The average molecular weight is 515 g/mol. The molecule has 1 atom stereocenters. The molecule has 0 radical (unpaired) electrons. The van der Waals surface area contributed by atoms with Crippen molar-refractivity contribution in [1.82, 2.24) is 9.80 Å². The van der Waals surface area contributed by atoms with Gasteiger partial charge < -0.3 is 20.1 Å². The van der Waals surface area contributed by atoms with E-state index < -0.39 is 6.09 Å². The number of rotatable bonds is 6. The smallest absolute Gasteiger partial charge is 0.407 e. The number of piperazine rings is 1. The van der Waals surface area contributed by atoms with E-state index in [9.17, 15) is 9.90 Å². The first-order chi connectivity index (χ1) is 15.5. The number of halogens is 3. The van der Waals surface area contributed by atoms with Gasteiger partial charge in [-0.2, -0.15) is 0 Å². The molecule has 0 spiro atoms. The van der Waals surface area contributed by atoms with Gasteiger partial charge in [-0.1, -0.05) is 55.6 Å². The molecule has 3 rings (SSSR count). The highest BCUT2D eigenvalue weighted by molar-refractivity contribution is 6.37. The lowest BCUT2D eigenvalue weighted by Crippen LogP contribution is -2.59. The first kappa shape index (κ1) is 25.8. The van der Waals surface area contributed by atoms with Crippen molar-refractivity contribution in [3.63, 3.8) is 0 Å². The standard InChI is InChI=1S/C24H30Cl3N3O3/c1-24(2,3)22-14-29(9-10-30(22)23(31)32)8-7-28-20-12-17(19(27)13-21(20)33-4)16-11-15(25)5-6-18(16)26/h5-6,11-13,22,28H,7-10,14H2,1-4H3,(H,31,32). The molecule has 33 heavy (non-hydrogen) atoms. The predicted molar refractivity (Wildman–Crippen MR) is 136 cm³/mol. The highest BCUT2D eigenvalue weighted by Gasteiger charge is 2.37. The molecule has 1 saturated heterocycles. The number of hydrogen-bond donors (Lipinski definition) is 2. The van der Waals surface area contributed by atoms with Crippen LogP contribution in [0.15, 0.2) is 30.3 Å². The third-order valence-corrected chi connectivity index (χ3v) is 6.84. The van der Waals surface area contributed by atoms with Gasteiger partial charge in [0, 0.05) is 60.0 Å². The van der Waals surface area contributed by atoms with Crippen LogP contribution in [0.3, 0.4) is 0 Å². The largest absolute Gasteiger partial charge is 0.495 e. The maximum atomic E-state index is 11.7. The quantitative estimate of drug-likeness (QED) is 0.464. The van der Waals surface area contributed by atoms with Crippen molar-refractivity contribution >= 4 is 46.6 Å². The van der Waals surface area contributed by atoms with Crippen LogP contribution in [-0.4, -0.2) is 66.9 Å². The Morgan fingerprint density at radius 3 is 2.45 bits per heavy atom. The molecule has 2 N–H and O–H groups in total. The topological polar surface area (TPSA) is 65.0 Å². The van der Waals surface area contributed by atoms with E-state index in [0.717, 1.165) is 23.4 Å². The average Bonchev–Trinajstić information content (AvgIpc) is 2.75. The number of hydrogen-bond acceptors (Lipinski definition) is 4. The van der Waals surface area contributed by atoms with Gasteiger partial charge >= 0.3 is 6.09 Å². The van der Waals surface area contributed by atoms with Crippen molar-refractivity contribution in [3.05, 3.63) is 45.4 Å². The molecule has 1 aliphatic heterocycles. The molecule has 1 aliphatic rings. The van der Waals surface area contributed by atoms with Crippen molar-refractivity contribution in [2.24, 2.45) is 5.41 Å². The molecule has 0 saturated carbocycles. The second-order valence-corrected chi connectivity index (χ2v) is 10.5. The summed E-state index contributed by atoms with van der Waals surface area (Å²) in [5.74, 6) is 0.630. The monoisotopic (exact) mass is 513 g/mol. The summed E-state index contributed by atoms with van der Waals surface area (Å²) in [5, 5.41) is 14.7. The van der Waals surface area contributed by atoms with Crippen molar-refractivity contribution in [2.45, 2.75) is 26.8 Å². The molecule has 180 valence electrons. The number of methoxy groups -OCH3 is 1. The Kier molecular flexibility index (Phi) is 8.27. The molecule has 6 nitrogen and oxygen atoms in total. The number of nitrogens with one attached hydrogen (secondary N) is 1. The predicted octanol–water partition coefficient (Wildman–Crippen LogP) is 6.44. The van der Waals surface area contributed by atoms with Crippen LogP contribution in [0.4, 0.5) is 10.5 Å². The highest BCUT2D eigenvalue weighted by Crippen LogP contribution is 2.40. The van der Waals surface area contributed by atoms with Crippen LogP contribution in [0.5, 0.6) is 5.75 Å². The van der Waals surface area contributed by atoms with Crippen LogP contribution in [0.25, 0.3) is 11.1 Å². The third-order valence-electron chi connectivity index (χ3n) is 5.96. The van der Waals surface area contributed by atoms with Gasteiger partial charge in [0.2, 0.25) is 0 Å². The number of carboxylic acid groups (broad SMARTS) is 1. The SMILES string of the molecule is COc1cc(Cl)c(-c2cc(Cl)ccc2Cl)cc1NCCN1CCN(C(=O)O)C(C(C)(C)C)C1. The van der Waals surface area contributed by atoms with Crippen molar-refractivity contribution in [1.29, 1.82) is 0 Å². The normalized spacial score (nSPS) is 17.2. The fraction of sp³-hybridized carbons (Fsp3) is 0.458. The minimum Gasteiger partial charge on any atom is -0.495 e. The van der Waals surface area contributed by atoms with Gasteiger partial charge in [0.1, 0.15) is 5.75 Å². The summed E-state index contributed by atoms with van der Waals surface area (Å²) in [7, 11) is 1.60. The second-order valence-electron chi connectivity index (χ2n) is 9.24. The van der Waals surface area contributed by atoms with Crippen LogP contribution in [-0.2, 0) is 0 Å². The number of anilines is 1. The van der Waals surface area contributed by atoms with Crippen LogP contribution >= 0.6 is 34.8 Å². The Morgan fingerprint density at radius 1 is 1.12 bits per heavy atom. The zero-order valence-electron chi connectivity index (χ0n) is 19.3. The van der Waals surface area contributed by atoms with Gasteiger partial charge in [-0.05, 0) is 29.7 Å². The summed E-state index contributed by atoms with van der Waals surface area (Å²) >= 11 is 19.1. The summed E-state index contributed by atoms with van der Waals surface area (Å²) in [5.41, 5.74) is 2.16. The molecule has 9 heteroatoms. The molecule has 0 bridgehead atoms. The summed E-state index contributed by atoms with van der Waals surface area (Å²) in [4.78, 5) is 15.5. The molecular formula is C24H30Cl3N3O3. The molecule has 2 aromatic rings. The highest BCUT2D eigenvalue weighted by atomic mass is 35.5. The van der Waals surface area contributed by atoms with E-state index in [1.807, 2.05) is 6.07 Å². The number of amides is 1. The third kappa shape index (κ3) is 6.18. The van der Waals surface area contributed by atoms with E-state index in [1.165, 1.54) is 0 Å². The fourth-order valence-corrected chi connectivity index (χ4v) is 4.78. The van der Waals surface area contributed by atoms with Crippen molar-refractivity contribution < 1.29 is 14.6 Å². The summed E-state index contributed by atoms with van der Waals surface area (Å²) in [6.45, 7) is 9.55. The van der Waals surface area contributed by atoms with Crippen LogP contribution in [0.2, 0.25) is 15.1 Å². The second kappa shape index (κ2) is 10.6.